The Morgan fingerprint density at radius 2 is 1.92 bits per heavy atom. The Morgan fingerprint density at radius 3 is 2.23 bits per heavy atom. The summed E-state index contributed by atoms with van der Waals surface area (Å²) in [6, 6.07) is 1.66. The van der Waals surface area contributed by atoms with E-state index in [1.54, 1.807) is 6.07 Å². The van der Waals surface area contributed by atoms with Crippen LogP contribution >= 0.6 is 31.9 Å². The highest BCUT2D eigenvalue weighted by molar-refractivity contribution is 9.13. The Balaban J connectivity index is 3.32. The van der Waals surface area contributed by atoms with Gasteiger partial charge in [-0.1, -0.05) is 0 Å². The zero-order valence-corrected chi connectivity index (χ0v) is 11.0. The minimum absolute atomic E-state index is 0.487. The molecule has 0 N–H and O–H groups in total. The Morgan fingerprint density at radius 1 is 1.38 bits per heavy atom. The maximum Gasteiger partial charge on any atom is 0.307 e. The molecule has 1 rings (SSSR count). The van der Waals surface area contributed by atoms with Gasteiger partial charge in [0.15, 0.2) is 0 Å². The molecule has 13 heavy (non-hydrogen) atoms. The SMILES string of the molecule is CN(C)S(=O)(=O)n1ccc(Br)c1Br. The van der Waals surface area contributed by atoms with E-state index < -0.39 is 10.2 Å². The molecule has 0 amide bonds. The molecule has 0 saturated carbocycles. The molecule has 74 valence electrons. The van der Waals surface area contributed by atoms with Gasteiger partial charge in [-0.2, -0.15) is 12.7 Å². The summed E-state index contributed by atoms with van der Waals surface area (Å²) in [5, 5.41) is 0. The fraction of sp³-hybridized carbons (Fsp3) is 0.333. The summed E-state index contributed by atoms with van der Waals surface area (Å²) in [5.41, 5.74) is 0. The number of rotatable bonds is 2. The maximum absolute atomic E-state index is 11.6. The van der Waals surface area contributed by atoms with Crippen LogP contribution in [-0.2, 0) is 10.2 Å². The minimum Gasteiger partial charge on any atom is -0.225 e. The van der Waals surface area contributed by atoms with Crippen LogP contribution in [0.5, 0.6) is 0 Å². The van der Waals surface area contributed by atoms with E-state index in [0.717, 1.165) is 8.28 Å². The summed E-state index contributed by atoms with van der Waals surface area (Å²) >= 11 is 6.37. The lowest BCUT2D eigenvalue weighted by Gasteiger charge is -2.12. The summed E-state index contributed by atoms with van der Waals surface area (Å²) in [4.78, 5) is 0. The van der Waals surface area contributed by atoms with Crippen molar-refractivity contribution >= 4 is 42.1 Å². The van der Waals surface area contributed by atoms with Gasteiger partial charge >= 0.3 is 10.2 Å². The van der Waals surface area contributed by atoms with Gasteiger partial charge in [0, 0.05) is 20.3 Å². The van der Waals surface area contributed by atoms with E-state index >= 15 is 0 Å². The van der Waals surface area contributed by atoms with Crippen molar-refractivity contribution in [2.45, 2.75) is 0 Å². The van der Waals surface area contributed by atoms with Gasteiger partial charge in [-0.25, -0.2) is 3.97 Å². The van der Waals surface area contributed by atoms with E-state index in [1.165, 1.54) is 20.3 Å². The number of aromatic nitrogens is 1. The second-order valence-electron chi connectivity index (χ2n) is 2.54. The van der Waals surface area contributed by atoms with E-state index in [9.17, 15) is 8.42 Å². The van der Waals surface area contributed by atoms with Gasteiger partial charge in [-0.05, 0) is 37.9 Å². The minimum atomic E-state index is -3.41. The van der Waals surface area contributed by atoms with Gasteiger partial charge in [0.2, 0.25) is 0 Å². The summed E-state index contributed by atoms with van der Waals surface area (Å²) in [7, 11) is -0.450. The molecule has 0 bridgehead atoms. The number of hydrogen-bond donors (Lipinski definition) is 0. The van der Waals surface area contributed by atoms with Crippen LogP contribution in [0.25, 0.3) is 0 Å². The average Bonchev–Trinajstić information content (AvgIpc) is 2.33. The summed E-state index contributed by atoms with van der Waals surface area (Å²) in [5.74, 6) is 0. The predicted octanol–water partition coefficient (Wildman–Crippen LogP) is 1.67. The average molecular weight is 332 g/mol. The van der Waals surface area contributed by atoms with Gasteiger partial charge in [0.05, 0.1) is 4.47 Å². The highest BCUT2D eigenvalue weighted by Crippen LogP contribution is 2.25. The molecule has 1 aromatic rings. The lowest BCUT2D eigenvalue weighted by molar-refractivity contribution is 0.510. The van der Waals surface area contributed by atoms with E-state index in [-0.39, 0.29) is 0 Å². The molecule has 0 aliphatic carbocycles. The predicted molar refractivity (Wildman–Crippen MR) is 57.8 cm³/mol. The topological polar surface area (TPSA) is 42.3 Å². The highest BCUT2D eigenvalue weighted by atomic mass is 79.9. The quantitative estimate of drug-likeness (QED) is 0.827. The molecule has 1 aromatic heterocycles. The molecule has 1 heterocycles. The first-order chi connectivity index (χ1) is 5.87. The van der Waals surface area contributed by atoms with E-state index in [4.69, 9.17) is 0 Å². The Hall–Kier alpha value is 0.150. The van der Waals surface area contributed by atoms with E-state index in [2.05, 4.69) is 31.9 Å². The van der Waals surface area contributed by atoms with Crippen molar-refractivity contribution in [3.05, 3.63) is 21.3 Å². The number of hydrogen-bond acceptors (Lipinski definition) is 2. The summed E-state index contributed by atoms with van der Waals surface area (Å²) in [6.45, 7) is 0. The van der Waals surface area contributed by atoms with Crippen LogP contribution in [0.4, 0.5) is 0 Å². The standard InChI is InChI=1S/C6H8Br2N2O2S/c1-9(2)13(11,12)10-4-3-5(7)6(10)8/h3-4H,1-2H3. The number of nitrogens with zero attached hydrogens (tertiary/aromatic N) is 2. The van der Waals surface area contributed by atoms with Crippen LogP contribution in [0.15, 0.2) is 21.3 Å². The largest absolute Gasteiger partial charge is 0.307 e. The zero-order chi connectivity index (χ0) is 10.2. The van der Waals surface area contributed by atoms with Crippen molar-refractivity contribution in [1.82, 2.24) is 8.28 Å². The molecule has 0 aliphatic rings. The Bertz CT molecular complexity index is 410. The zero-order valence-electron chi connectivity index (χ0n) is 7.03. The lowest BCUT2D eigenvalue weighted by atomic mass is 10.7. The van der Waals surface area contributed by atoms with Gasteiger partial charge in [0.1, 0.15) is 4.60 Å². The fourth-order valence-electron chi connectivity index (χ4n) is 0.727. The molecule has 0 saturated heterocycles. The highest BCUT2D eigenvalue weighted by Gasteiger charge is 2.19. The molecule has 0 atom stereocenters. The van der Waals surface area contributed by atoms with Gasteiger partial charge in [-0.3, -0.25) is 0 Å². The van der Waals surface area contributed by atoms with Gasteiger partial charge in [-0.15, -0.1) is 0 Å². The summed E-state index contributed by atoms with van der Waals surface area (Å²) in [6.07, 6.45) is 1.48. The smallest absolute Gasteiger partial charge is 0.225 e. The third-order valence-electron chi connectivity index (χ3n) is 1.46. The second kappa shape index (κ2) is 3.72. The van der Waals surface area contributed by atoms with Crippen molar-refractivity contribution in [3.63, 3.8) is 0 Å². The van der Waals surface area contributed by atoms with Crippen LogP contribution in [0.2, 0.25) is 0 Å². The van der Waals surface area contributed by atoms with Gasteiger partial charge < -0.3 is 0 Å². The lowest BCUT2D eigenvalue weighted by Crippen LogP contribution is -2.28. The van der Waals surface area contributed by atoms with Gasteiger partial charge in [0.25, 0.3) is 0 Å². The molecule has 0 unspecified atom stereocenters. The molecule has 7 heteroatoms. The Labute approximate surface area is 94.0 Å². The molecular weight excluding hydrogens is 324 g/mol. The first-order valence-corrected chi connectivity index (χ1v) is 6.31. The first kappa shape index (κ1) is 11.2. The van der Waals surface area contributed by atoms with Crippen LogP contribution in [0.1, 0.15) is 0 Å². The van der Waals surface area contributed by atoms with Crippen molar-refractivity contribution in [1.29, 1.82) is 0 Å². The second-order valence-corrected chi connectivity index (χ2v) is 6.17. The molecule has 4 nitrogen and oxygen atoms in total. The fourth-order valence-corrected chi connectivity index (χ4v) is 2.82. The van der Waals surface area contributed by atoms with Crippen molar-refractivity contribution < 1.29 is 8.42 Å². The van der Waals surface area contributed by atoms with E-state index in [0.29, 0.717) is 9.08 Å². The Kier molecular flexibility index (Phi) is 3.21. The van der Waals surface area contributed by atoms with Crippen molar-refractivity contribution in [2.75, 3.05) is 14.1 Å². The normalized spacial score (nSPS) is 12.4. The molecule has 0 aromatic carbocycles. The summed E-state index contributed by atoms with van der Waals surface area (Å²) < 4.78 is 26.7. The van der Waals surface area contributed by atoms with Crippen LogP contribution < -0.4 is 0 Å². The monoisotopic (exact) mass is 330 g/mol. The molecular formula is C6H8Br2N2O2S. The van der Waals surface area contributed by atoms with E-state index in [1.807, 2.05) is 0 Å². The van der Waals surface area contributed by atoms with Crippen molar-refractivity contribution in [3.8, 4) is 0 Å². The van der Waals surface area contributed by atoms with Crippen molar-refractivity contribution in [2.24, 2.45) is 0 Å². The number of halogens is 2. The first-order valence-electron chi connectivity index (χ1n) is 3.32. The maximum atomic E-state index is 11.6. The molecule has 0 fully saturated rings. The third kappa shape index (κ3) is 1.98. The third-order valence-corrected chi connectivity index (χ3v) is 5.40. The molecule has 0 spiro atoms. The van der Waals surface area contributed by atoms with Crippen LogP contribution in [0, 0.1) is 0 Å². The van der Waals surface area contributed by atoms with Crippen LogP contribution in [0.3, 0.4) is 0 Å². The van der Waals surface area contributed by atoms with Crippen LogP contribution in [-0.4, -0.2) is 30.8 Å². The molecule has 0 aliphatic heterocycles. The molecule has 0 radical (unpaired) electrons.